The van der Waals surface area contributed by atoms with E-state index in [-0.39, 0.29) is 17.2 Å². The molecule has 3 heteroatoms. The molecule has 0 aromatic rings. The Labute approximate surface area is 90.6 Å². The molecule has 1 saturated heterocycles. The van der Waals surface area contributed by atoms with Gasteiger partial charge in [-0.15, -0.1) is 0 Å². The predicted octanol–water partition coefficient (Wildman–Crippen LogP) is 2.01. The zero-order valence-corrected chi connectivity index (χ0v) is 9.34. The summed E-state index contributed by atoms with van der Waals surface area (Å²) < 4.78 is 0. The van der Waals surface area contributed by atoms with Crippen molar-refractivity contribution in [2.45, 2.75) is 51.9 Å². The van der Waals surface area contributed by atoms with Crippen molar-refractivity contribution in [3.8, 4) is 0 Å². The summed E-state index contributed by atoms with van der Waals surface area (Å²) in [5.41, 5.74) is 0.00637. The van der Waals surface area contributed by atoms with E-state index in [1.165, 1.54) is 19.3 Å². The predicted molar refractivity (Wildman–Crippen MR) is 57.1 cm³/mol. The van der Waals surface area contributed by atoms with Crippen LogP contribution in [0.2, 0.25) is 0 Å². The van der Waals surface area contributed by atoms with E-state index in [1.54, 1.807) is 0 Å². The van der Waals surface area contributed by atoms with Crippen LogP contribution in [0.15, 0.2) is 0 Å². The molecule has 3 nitrogen and oxygen atoms in total. The quantitative estimate of drug-likeness (QED) is 0.671. The van der Waals surface area contributed by atoms with Crippen molar-refractivity contribution in [2.75, 3.05) is 0 Å². The van der Waals surface area contributed by atoms with E-state index in [0.717, 1.165) is 12.8 Å². The number of imide groups is 1. The minimum absolute atomic E-state index is 0.00637. The van der Waals surface area contributed by atoms with E-state index in [9.17, 15) is 9.59 Å². The molecule has 2 amide bonds. The summed E-state index contributed by atoms with van der Waals surface area (Å²) in [6.07, 6.45) is 6.92. The summed E-state index contributed by atoms with van der Waals surface area (Å²) >= 11 is 0. The van der Waals surface area contributed by atoms with Crippen LogP contribution in [0.3, 0.4) is 0 Å². The SMILES string of the molecule is CCC1CCCCC12CC(=O)NC(=O)C2. The van der Waals surface area contributed by atoms with Crippen LogP contribution in [0, 0.1) is 11.3 Å². The number of nitrogens with one attached hydrogen (secondary N) is 1. The number of carbonyl (C=O) groups excluding carboxylic acids is 2. The fourth-order valence-electron chi connectivity index (χ4n) is 3.43. The Morgan fingerprint density at radius 3 is 2.53 bits per heavy atom. The van der Waals surface area contributed by atoms with Crippen LogP contribution >= 0.6 is 0 Å². The first-order valence-corrected chi connectivity index (χ1v) is 5.99. The molecule has 84 valence electrons. The van der Waals surface area contributed by atoms with E-state index in [2.05, 4.69) is 12.2 Å². The average molecular weight is 209 g/mol. The lowest BCUT2D eigenvalue weighted by Crippen LogP contribution is -2.49. The number of hydrogen-bond acceptors (Lipinski definition) is 2. The van der Waals surface area contributed by atoms with E-state index in [4.69, 9.17) is 0 Å². The maximum Gasteiger partial charge on any atom is 0.227 e. The largest absolute Gasteiger partial charge is 0.296 e. The van der Waals surface area contributed by atoms with Crippen molar-refractivity contribution < 1.29 is 9.59 Å². The van der Waals surface area contributed by atoms with Gasteiger partial charge < -0.3 is 0 Å². The zero-order chi connectivity index (χ0) is 10.9. The summed E-state index contributed by atoms with van der Waals surface area (Å²) in [5, 5.41) is 2.42. The third kappa shape index (κ3) is 1.92. The fraction of sp³-hybridized carbons (Fsp3) is 0.833. The first kappa shape index (κ1) is 10.7. The third-order valence-electron chi connectivity index (χ3n) is 4.14. The van der Waals surface area contributed by atoms with Gasteiger partial charge >= 0.3 is 0 Å². The average Bonchev–Trinajstić information content (AvgIpc) is 2.16. The number of piperidine rings is 1. The van der Waals surface area contributed by atoms with Gasteiger partial charge in [0, 0.05) is 12.8 Å². The van der Waals surface area contributed by atoms with Crippen molar-refractivity contribution >= 4 is 11.8 Å². The van der Waals surface area contributed by atoms with Crippen LogP contribution in [0.25, 0.3) is 0 Å². The lowest BCUT2D eigenvalue weighted by atomic mass is 9.60. The molecule has 2 aliphatic rings. The van der Waals surface area contributed by atoms with Crippen LogP contribution in [0.5, 0.6) is 0 Å². The Morgan fingerprint density at radius 2 is 1.93 bits per heavy atom. The highest BCUT2D eigenvalue weighted by Gasteiger charge is 2.45. The second kappa shape index (κ2) is 3.95. The molecule has 1 saturated carbocycles. The first-order chi connectivity index (χ1) is 7.16. The Balaban J connectivity index is 2.20. The molecular formula is C12H19NO2. The monoisotopic (exact) mass is 209 g/mol. The van der Waals surface area contributed by atoms with Gasteiger partial charge in [-0.25, -0.2) is 0 Å². The standard InChI is InChI=1S/C12H19NO2/c1-2-9-5-3-4-6-12(9)7-10(14)13-11(15)8-12/h9H,2-8H2,1H3,(H,13,14,15). The minimum Gasteiger partial charge on any atom is -0.296 e. The van der Waals surface area contributed by atoms with Crippen LogP contribution in [0.1, 0.15) is 51.9 Å². The molecule has 1 unspecified atom stereocenters. The number of hydrogen-bond donors (Lipinski definition) is 1. The maximum absolute atomic E-state index is 11.5. The van der Waals surface area contributed by atoms with Crippen LogP contribution in [0.4, 0.5) is 0 Å². The summed E-state index contributed by atoms with van der Waals surface area (Å²) in [6, 6.07) is 0. The molecule has 0 aromatic heterocycles. The van der Waals surface area contributed by atoms with Gasteiger partial charge in [0.1, 0.15) is 0 Å². The van der Waals surface area contributed by atoms with E-state index in [0.29, 0.717) is 18.8 Å². The van der Waals surface area contributed by atoms with Crippen molar-refractivity contribution in [3.05, 3.63) is 0 Å². The van der Waals surface area contributed by atoms with E-state index >= 15 is 0 Å². The summed E-state index contributed by atoms with van der Waals surface area (Å²) in [6.45, 7) is 2.18. The highest BCUT2D eigenvalue weighted by atomic mass is 16.2. The molecule has 1 heterocycles. The van der Waals surface area contributed by atoms with Crippen molar-refractivity contribution in [1.82, 2.24) is 5.32 Å². The molecule has 1 atom stereocenters. The number of rotatable bonds is 1. The molecule has 0 radical (unpaired) electrons. The van der Waals surface area contributed by atoms with Gasteiger partial charge in [0.2, 0.25) is 11.8 Å². The summed E-state index contributed by atoms with van der Waals surface area (Å²) in [5.74, 6) is 0.444. The van der Waals surface area contributed by atoms with Crippen molar-refractivity contribution in [2.24, 2.45) is 11.3 Å². The number of carbonyl (C=O) groups is 2. The minimum atomic E-state index is -0.0633. The van der Waals surface area contributed by atoms with Gasteiger partial charge in [-0.1, -0.05) is 26.2 Å². The molecule has 0 bridgehead atoms. The van der Waals surface area contributed by atoms with Gasteiger partial charge in [0.05, 0.1) is 0 Å². The molecule has 1 aliphatic carbocycles. The Hall–Kier alpha value is -0.860. The maximum atomic E-state index is 11.5. The second-order valence-corrected chi connectivity index (χ2v) is 5.04. The Kier molecular flexibility index (Phi) is 2.81. The normalized spacial score (nSPS) is 30.3. The summed E-state index contributed by atoms with van der Waals surface area (Å²) in [7, 11) is 0. The van der Waals surface area contributed by atoms with Crippen molar-refractivity contribution in [1.29, 1.82) is 0 Å². The van der Waals surface area contributed by atoms with Crippen molar-refractivity contribution in [3.63, 3.8) is 0 Å². The summed E-state index contributed by atoms with van der Waals surface area (Å²) in [4.78, 5) is 23.0. The third-order valence-corrected chi connectivity index (χ3v) is 4.14. The molecule has 1 spiro atoms. The Bertz CT molecular complexity index is 269. The van der Waals surface area contributed by atoms with Gasteiger partial charge in [-0.05, 0) is 24.2 Å². The van der Waals surface area contributed by atoms with Crippen LogP contribution in [-0.4, -0.2) is 11.8 Å². The molecule has 0 aromatic carbocycles. The molecule has 1 N–H and O–H groups in total. The number of amides is 2. The lowest BCUT2D eigenvalue weighted by Gasteiger charge is -2.45. The van der Waals surface area contributed by atoms with Gasteiger partial charge in [-0.2, -0.15) is 0 Å². The first-order valence-electron chi connectivity index (χ1n) is 5.99. The smallest absolute Gasteiger partial charge is 0.227 e. The van der Waals surface area contributed by atoms with E-state index < -0.39 is 0 Å². The molecular weight excluding hydrogens is 190 g/mol. The zero-order valence-electron chi connectivity index (χ0n) is 9.34. The molecule has 2 fully saturated rings. The van der Waals surface area contributed by atoms with Gasteiger partial charge in [-0.3, -0.25) is 14.9 Å². The highest BCUT2D eigenvalue weighted by Crippen LogP contribution is 2.49. The van der Waals surface area contributed by atoms with Crippen LogP contribution in [-0.2, 0) is 9.59 Å². The molecule has 15 heavy (non-hydrogen) atoms. The lowest BCUT2D eigenvalue weighted by molar-refractivity contribution is -0.141. The Morgan fingerprint density at radius 1 is 1.27 bits per heavy atom. The topological polar surface area (TPSA) is 46.2 Å². The fourth-order valence-corrected chi connectivity index (χ4v) is 3.43. The van der Waals surface area contributed by atoms with Gasteiger partial charge in [0.25, 0.3) is 0 Å². The molecule has 1 aliphatic heterocycles. The van der Waals surface area contributed by atoms with Crippen LogP contribution < -0.4 is 5.32 Å². The molecule has 2 rings (SSSR count). The second-order valence-electron chi connectivity index (χ2n) is 5.04. The van der Waals surface area contributed by atoms with Gasteiger partial charge in [0.15, 0.2) is 0 Å². The van der Waals surface area contributed by atoms with E-state index in [1.807, 2.05) is 0 Å². The highest BCUT2D eigenvalue weighted by molar-refractivity contribution is 5.98.